The molecule has 2 unspecified atom stereocenters. The van der Waals surface area contributed by atoms with E-state index in [9.17, 15) is 4.79 Å². The minimum atomic E-state index is -0.104. The van der Waals surface area contributed by atoms with Gasteiger partial charge in [-0.3, -0.25) is 14.7 Å². The Labute approximate surface area is 185 Å². The van der Waals surface area contributed by atoms with E-state index >= 15 is 0 Å². The zero-order valence-corrected chi connectivity index (χ0v) is 18.4. The second kappa shape index (κ2) is 7.44. The van der Waals surface area contributed by atoms with Crippen molar-refractivity contribution in [1.29, 1.82) is 0 Å². The minimum absolute atomic E-state index is 0.104. The van der Waals surface area contributed by atoms with E-state index in [-0.39, 0.29) is 10.8 Å². The van der Waals surface area contributed by atoms with E-state index < -0.39 is 0 Å². The normalized spacial score (nSPS) is 34.8. The number of aromatic nitrogens is 1. The number of pyridine rings is 1. The van der Waals surface area contributed by atoms with Crippen LogP contribution in [0.25, 0.3) is 0 Å². The number of benzene rings is 1. The molecule has 2 aromatic rings. The fraction of sp³-hybridized carbons (Fsp3) is 0.556. The first-order chi connectivity index (χ1) is 15.1. The zero-order chi connectivity index (χ0) is 20.9. The molecule has 4 aliphatic carbocycles. The van der Waals surface area contributed by atoms with Crippen LogP contribution in [0.3, 0.4) is 0 Å². The SMILES string of the molecule is O=C(N1CCN(Cc2ccncc2)CC1)C12C[C@H]3C[C@@H](C1)CC(c1ccccc1)(C3)C2. The summed E-state index contributed by atoms with van der Waals surface area (Å²) in [6.07, 6.45) is 11.0. The summed E-state index contributed by atoms with van der Waals surface area (Å²) in [5, 5.41) is 0. The lowest BCUT2D eigenvalue weighted by Crippen LogP contribution is -2.61. The molecule has 1 amide bonds. The summed E-state index contributed by atoms with van der Waals surface area (Å²) in [4.78, 5) is 22.8. The molecule has 1 saturated heterocycles. The average molecular weight is 416 g/mol. The number of carbonyl (C=O) groups is 1. The fourth-order valence-corrected chi connectivity index (χ4v) is 7.83. The van der Waals surface area contributed by atoms with Crippen LogP contribution in [0.1, 0.15) is 49.7 Å². The quantitative estimate of drug-likeness (QED) is 0.748. The highest BCUT2D eigenvalue weighted by atomic mass is 16.2. The number of nitrogens with zero attached hydrogens (tertiary/aromatic N) is 3. The van der Waals surface area contributed by atoms with Crippen LogP contribution < -0.4 is 0 Å². The zero-order valence-electron chi connectivity index (χ0n) is 18.4. The maximum Gasteiger partial charge on any atom is 0.228 e. The van der Waals surface area contributed by atoms with E-state index in [0.29, 0.717) is 5.91 Å². The summed E-state index contributed by atoms with van der Waals surface area (Å²) in [5.41, 5.74) is 2.93. The molecule has 4 nitrogen and oxygen atoms in total. The van der Waals surface area contributed by atoms with Gasteiger partial charge in [-0.2, -0.15) is 0 Å². The smallest absolute Gasteiger partial charge is 0.228 e. The van der Waals surface area contributed by atoms with Gasteiger partial charge >= 0.3 is 0 Å². The van der Waals surface area contributed by atoms with Crippen LogP contribution in [0.4, 0.5) is 0 Å². The van der Waals surface area contributed by atoms with Crippen molar-refractivity contribution >= 4 is 5.91 Å². The predicted molar refractivity (Wildman–Crippen MR) is 121 cm³/mol. The molecule has 0 N–H and O–H groups in total. The van der Waals surface area contributed by atoms with Crippen molar-refractivity contribution in [1.82, 2.24) is 14.8 Å². The van der Waals surface area contributed by atoms with E-state index in [0.717, 1.165) is 63.8 Å². The molecule has 4 atom stereocenters. The van der Waals surface area contributed by atoms with Gasteiger partial charge in [-0.15, -0.1) is 0 Å². The van der Waals surface area contributed by atoms with Crippen LogP contribution in [0.15, 0.2) is 54.9 Å². The lowest BCUT2D eigenvalue weighted by molar-refractivity contribution is -0.162. The van der Waals surface area contributed by atoms with Crippen molar-refractivity contribution in [2.24, 2.45) is 17.3 Å². The minimum Gasteiger partial charge on any atom is -0.340 e. The Bertz CT molecular complexity index is 921. The number of rotatable bonds is 4. The third kappa shape index (κ3) is 3.40. The highest BCUT2D eigenvalue weighted by molar-refractivity contribution is 5.84. The second-order valence-corrected chi connectivity index (χ2v) is 10.8. The monoisotopic (exact) mass is 415 g/mol. The summed E-state index contributed by atoms with van der Waals surface area (Å²) in [5.74, 6) is 1.95. The molecule has 5 aliphatic rings. The van der Waals surface area contributed by atoms with Gasteiger partial charge in [0.2, 0.25) is 5.91 Å². The largest absolute Gasteiger partial charge is 0.340 e. The first kappa shape index (κ1) is 19.5. The highest BCUT2D eigenvalue weighted by Crippen LogP contribution is 2.66. The van der Waals surface area contributed by atoms with Gasteiger partial charge in [0.1, 0.15) is 0 Å². The Morgan fingerprint density at radius 2 is 1.58 bits per heavy atom. The van der Waals surface area contributed by atoms with Crippen LogP contribution >= 0.6 is 0 Å². The summed E-state index contributed by atoms with van der Waals surface area (Å²) in [6, 6.07) is 15.3. The predicted octanol–water partition coefficient (Wildman–Crippen LogP) is 4.26. The molecule has 0 radical (unpaired) electrons. The van der Waals surface area contributed by atoms with Crippen molar-refractivity contribution in [3.63, 3.8) is 0 Å². The van der Waals surface area contributed by atoms with Gasteiger partial charge in [0.25, 0.3) is 0 Å². The Balaban J connectivity index is 1.18. The van der Waals surface area contributed by atoms with E-state index in [1.807, 2.05) is 12.4 Å². The topological polar surface area (TPSA) is 36.4 Å². The maximum absolute atomic E-state index is 14.0. The van der Waals surface area contributed by atoms with Crippen molar-refractivity contribution in [3.05, 3.63) is 66.0 Å². The number of carbonyl (C=O) groups excluding carboxylic acids is 1. The van der Waals surface area contributed by atoms with Crippen LogP contribution in [0, 0.1) is 17.3 Å². The number of hydrogen-bond acceptors (Lipinski definition) is 3. The molecule has 162 valence electrons. The third-order valence-electron chi connectivity index (χ3n) is 8.72. The molecule has 31 heavy (non-hydrogen) atoms. The van der Waals surface area contributed by atoms with E-state index in [2.05, 4.69) is 57.2 Å². The molecule has 1 aromatic heterocycles. The molecule has 0 spiro atoms. The number of amides is 1. The van der Waals surface area contributed by atoms with Gasteiger partial charge < -0.3 is 4.90 Å². The summed E-state index contributed by atoms with van der Waals surface area (Å²) < 4.78 is 0. The highest BCUT2D eigenvalue weighted by Gasteiger charge is 2.61. The second-order valence-electron chi connectivity index (χ2n) is 10.8. The van der Waals surface area contributed by atoms with Crippen LogP contribution in [0.2, 0.25) is 0 Å². The number of piperazine rings is 1. The van der Waals surface area contributed by atoms with E-state index in [1.165, 1.54) is 30.4 Å². The third-order valence-corrected chi connectivity index (χ3v) is 8.72. The lowest BCUT2D eigenvalue weighted by Gasteiger charge is -2.62. The van der Waals surface area contributed by atoms with Gasteiger partial charge in [0.05, 0.1) is 5.41 Å². The standard InChI is InChI=1S/C27H33N3O/c31-25(30-12-10-29(11-13-30)19-21-6-8-28-9-7-21)27-17-22-14-23(18-27)16-26(15-22,20-27)24-4-2-1-3-5-24/h1-9,22-23H,10-20H2/t22-,23+,26?,27?. The molecular formula is C27H33N3O. The van der Waals surface area contributed by atoms with Gasteiger partial charge in [-0.05, 0) is 79.0 Å². The molecule has 2 heterocycles. The first-order valence-corrected chi connectivity index (χ1v) is 12.1. The number of hydrogen-bond donors (Lipinski definition) is 0. The van der Waals surface area contributed by atoms with E-state index in [1.54, 1.807) is 0 Å². The molecule has 1 aliphatic heterocycles. The summed E-state index contributed by atoms with van der Waals surface area (Å²) >= 11 is 0. The van der Waals surface area contributed by atoms with Crippen molar-refractivity contribution in [3.8, 4) is 0 Å². The van der Waals surface area contributed by atoms with Crippen molar-refractivity contribution < 1.29 is 4.79 Å². The molecule has 4 bridgehead atoms. The molecule has 1 aromatic carbocycles. The van der Waals surface area contributed by atoms with Crippen LogP contribution in [-0.4, -0.2) is 46.9 Å². The van der Waals surface area contributed by atoms with Crippen molar-refractivity contribution in [2.75, 3.05) is 26.2 Å². The summed E-state index contributed by atoms with van der Waals surface area (Å²) in [7, 11) is 0. The molecule has 4 heteroatoms. The molecule has 7 rings (SSSR count). The molecular weight excluding hydrogens is 382 g/mol. The fourth-order valence-electron chi connectivity index (χ4n) is 7.83. The Kier molecular flexibility index (Phi) is 4.68. The van der Waals surface area contributed by atoms with Gasteiger partial charge in [-0.1, -0.05) is 30.3 Å². The molecule has 5 fully saturated rings. The summed E-state index contributed by atoms with van der Waals surface area (Å²) in [6.45, 7) is 4.65. The Morgan fingerprint density at radius 1 is 0.903 bits per heavy atom. The van der Waals surface area contributed by atoms with Crippen LogP contribution in [0.5, 0.6) is 0 Å². The Morgan fingerprint density at radius 3 is 2.26 bits per heavy atom. The van der Waals surface area contributed by atoms with Crippen molar-refractivity contribution in [2.45, 2.75) is 50.5 Å². The van der Waals surface area contributed by atoms with Gasteiger partial charge in [-0.25, -0.2) is 0 Å². The molecule has 4 saturated carbocycles. The van der Waals surface area contributed by atoms with E-state index in [4.69, 9.17) is 0 Å². The lowest BCUT2D eigenvalue weighted by atomic mass is 9.42. The first-order valence-electron chi connectivity index (χ1n) is 12.1. The maximum atomic E-state index is 14.0. The average Bonchev–Trinajstić information content (AvgIpc) is 2.80. The Hall–Kier alpha value is -2.20. The van der Waals surface area contributed by atoms with Gasteiger partial charge in [0.15, 0.2) is 0 Å². The van der Waals surface area contributed by atoms with Crippen LogP contribution in [-0.2, 0) is 16.8 Å². The van der Waals surface area contributed by atoms with Gasteiger partial charge in [0, 0.05) is 45.1 Å².